The number of allylic oxidation sites excluding steroid dienone is 9. The third-order valence-electron chi connectivity index (χ3n) is 14.8. The predicted octanol–water partition coefficient (Wildman–Crippen LogP) is 17.7. The van der Waals surface area contributed by atoms with Crippen molar-refractivity contribution in [1.82, 2.24) is 0 Å². The van der Waals surface area contributed by atoms with Crippen molar-refractivity contribution < 1.29 is 0 Å². The van der Waals surface area contributed by atoms with Crippen LogP contribution in [-0.2, 0) is 10.8 Å². The van der Waals surface area contributed by atoms with Crippen LogP contribution in [-0.4, -0.2) is 12.1 Å². The molecule has 5 aliphatic carbocycles. The molecule has 9 rings (SSSR count). The second kappa shape index (κ2) is 19.5. The fourth-order valence-corrected chi connectivity index (χ4v) is 11.6. The number of nitrogens with zero attached hydrogens (tertiary/aromatic N) is 1. The van der Waals surface area contributed by atoms with Gasteiger partial charge in [0, 0.05) is 33.4 Å². The monoisotopic (exact) mass is 922 g/mol. The first-order valence-corrected chi connectivity index (χ1v) is 25.7. The highest BCUT2D eigenvalue weighted by molar-refractivity contribution is 9.10. The van der Waals surface area contributed by atoms with Gasteiger partial charge < -0.3 is 10.2 Å². The molecule has 4 aromatic rings. The van der Waals surface area contributed by atoms with Gasteiger partial charge in [-0.25, -0.2) is 0 Å². The van der Waals surface area contributed by atoms with Gasteiger partial charge >= 0.3 is 0 Å². The van der Waals surface area contributed by atoms with Gasteiger partial charge in [0.05, 0.1) is 12.1 Å². The lowest BCUT2D eigenvalue weighted by Crippen LogP contribution is -2.40. The fourth-order valence-electron chi connectivity index (χ4n) is 11.2. The van der Waals surface area contributed by atoms with Crippen LogP contribution in [0.25, 0.3) is 16.7 Å². The van der Waals surface area contributed by atoms with Crippen molar-refractivity contribution in [2.75, 3.05) is 10.2 Å². The molecule has 0 bridgehead atoms. The molecule has 1 N–H and O–H groups in total. The average Bonchev–Trinajstić information content (AvgIpc) is 3.32. The first kappa shape index (κ1) is 45.3. The SMILES string of the molecule is CC(C)(C)c1cc(-c2cc(NC3C(C4CC=CCC4)=CCCC3C3=CCCCC3)cc(N(c3cccc(Br)c3)C3C(c4ccccc4)=CC=CC3C3=CCCC=C3)c2)cc(C(C)(C)C)c1. The highest BCUT2D eigenvalue weighted by Crippen LogP contribution is 2.47. The van der Waals surface area contributed by atoms with Crippen LogP contribution in [0.15, 0.2) is 173 Å². The van der Waals surface area contributed by atoms with Crippen molar-refractivity contribution in [2.45, 2.75) is 135 Å². The van der Waals surface area contributed by atoms with Crippen LogP contribution in [0.1, 0.15) is 129 Å². The number of hydrogen-bond donors (Lipinski definition) is 1. The zero-order valence-corrected chi connectivity index (χ0v) is 41.5. The van der Waals surface area contributed by atoms with Crippen molar-refractivity contribution in [3.05, 3.63) is 190 Å². The van der Waals surface area contributed by atoms with Crippen molar-refractivity contribution in [2.24, 2.45) is 17.8 Å². The molecule has 0 radical (unpaired) electrons. The van der Waals surface area contributed by atoms with Gasteiger partial charge in [0.1, 0.15) is 0 Å². The molecule has 65 heavy (non-hydrogen) atoms. The van der Waals surface area contributed by atoms with E-state index in [2.05, 4.69) is 219 Å². The molecular formula is C62H71BrN2. The van der Waals surface area contributed by atoms with E-state index in [9.17, 15) is 0 Å². The summed E-state index contributed by atoms with van der Waals surface area (Å²) in [6.45, 7) is 14.1. The Balaban J connectivity index is 1.29. The Kier molecular flexibility index (Phi) is 13.6. The van der Waals surface area contributed by atoms with Crippen LogP contribution in [0, 0.1) is 17.8 Å². The van der Waals surface area contributed by atoms with Gasteiger partial charge in [0.2, 0.25) is 0 Å². The van der Waals surface area contributed by atoms with Crippen molar-refractivity contribution in [3.8, 4) is 11.1 Å². The summed E-state index contributed by atoms with van der Waals surface area (Å²) in [7, 11) is 0. The minimum atomic E-state index is -0.0147. The number of rotatable bonds is 10. The van der Waals surface area contributed by atoms with Gasteiger partial charge in [-0.2, -0.15) is 0 Å². The summed E-state index contributed by atoms with van der Waals surface area (Å²) < 4.78 is 1.08. The molecule has 5 atom stereocenters. The molecule has 0 saturated heterocycles. The van der Waals surface area contributed by atoms with E-state index in [1.165, 1.54) is 107 Å². The maximum Gasteiger partial charge on any atom is 0.0700 e. The maximum atomic E-state index is 4.43. The van der Waals surface area contributed by atoms with Gasteiger partial charge in [-0.1, -0.05) is 178 Å². The van der Waals surface area contributed by atoms with Crippen LogP contribution >= 0.6 is 15.9 Å². The molecule has 0 heterocycles. The molecule has 0 amide bonds. The normalized spacial score (nSPS) is 23.6. The quantitative estimate of drug-likeness (QED) is 0.159. The Bertz CT molecular complexity index is 2530. The van der Waals surface area contributed by atoms with Gasteiger partial charge in [-0.3, -0.25) is 0 Å². The Morgan fingerprint density at radius 1 is 0.646 bits per heavy atom. The van der Waals surface area contributed by atoms with Gasteiger partial charge in [0.15, 0.2) is 0 Å². The Morgan fingerprint density at radius 2 is 1.45 bits per heavy atom. The lowest BCUT2D eigenvalue weighted by Gasteiger charge is -2.42. The smallest absolute Gasteiger partial charge is 0.0700 e. The first-order chi connectivity index (χ1) is 31.4. The summed E-state index contributed by atoms with van der Waals surface area (Å²) in [6, 6.07) is 35.3. The van der Waals surface area contributed by atoms with Crippen LogP contribution < -0.4 is 10.2 Å². The molecule has 336 valence electrons. The van der Waals surface area contributed by atoms with Crippen molar-refractivity contribution in [3.63, 3.8) is 0 Å². The second-order valence-corrected chi connectivity index (χ2v) is 22.4. The molecule has 5 unspecified atom stereocenters. The third-order valence-corrected chi connectivity index (χ3v) is 15.3. The van der Waals surface area contributed by atoms with E-state index in [4.69, 9.17) is 0 Å². The number of hydrogen-bond acceptors (Lipinski definition) is 2. The standard InChI is InChI=1S/C62H71BrN2/c1-61(2,3)49-36-47(37-50(40-49)62(4,5)6)48-38-52(64-59-55(43-22-11-7-12-23-43)32-20-33-56(59)44-24-13-8-14-25-44)42-54(39-48)65(53-31-19-30-51(63)41-53)60-57(45-26-15-9-16-27-45)34-21-35-58(60)46-28-17-10-18-29-46/h7,9,11,15-17,19,21,24,26-32,34-43,56,58-60,64H,8,10,12-14,18,20,22-23,25,33H2,1-6H3. The summed E-state index contributed by atoms with van der Waals surface area (Å²) >= 11 is 3.95. The Hall–Kier alpha value is -4.86. The van der Waals surface area contributed by atoms with E-state index in [1.54, 1.807) is 11.1 Å². The largest absolute Gasteiger partial charge is 0.378 e. The molecule has 2 nitrogen and oxygen atoms in total. The van der Waals surface area contributed by atoms with Gasteiger partial charge in [-0.15, -0.1) is 0 Å². The molecule has 0 fully saturated rings. The Morgan fingerprint density at radius 3 is 2.14 bits per heavy atom. The molecule has 0 spiro atoms. The van der Waals surface area contributed by atoms with Crippen LogP contribution in [0.3, 0.4) is 0 Å². The zero-order valence-electron chi connectivity index (χ0n) is 39.9. The number of anilines is 3. The molecular weight excluding hydrogens is 853 g/mol. The van der Waals surface area contributed by atoms with Gasteiger partial charge in [0.25, 0.3) is 0 Å². The van der Waals surface area contributed by atoms with Crippen LogP contribution in [0.4, 0.5) is 17.1 Å². The van der Waals surface area contributed by atoms with Crippen LogP contribution in [0.2, 0.25) is 0 Å². The van der Waals surface area contributed by atoms with E-state index < -0.39 is 0 Å². The van der Waals surface area contributed by atoms with E-state index in [-0.39, 0.29) is 28.8 Å². The number of benzene rings is 4. The molecule has 0 aliphatic heterocycles. The lowest BCUT2D eigenvalue weighted by atomic mass is 9.71. The molecule has 3 heteroatoms. The van der Waals surface area contributed by atoms with Crippen molar-refractivity contribution >= 4 is 38.6 Å². The van der Waals surface area contributed by atoms with Crippen molar-refractivity contribution in [1.29, 1.82) is 0 Å². The highest BCUT2D eigenvalue weighted by Gasteiger charge is 2.37. The summed E-state index contributed by atoms with van der Waals surface area (Å²) in [6.07, 6.45) is 37.7. The summed E-state index contributed by atoms with van der Waals surface area (Å²) in [5, 5.41) is 4.43. The maximum absolute atomic E-state index is 4.43. The Labute approximate surface area is 400 Å². The number of nitrogens with one attached hydrogen (secondary N) is 1. The third kappa shape index (κ3) is 10.3. The summed E-state index contributed by atoms with van der Waals surface area (Å²) in [4.78, 5) is 2.68. The molecule has 4 aromatic carbocycles. The van der Waals surface area contributed by atoms with Gasteiger partial charge in [-0.05, 0) is 168 Å². The fraction of sp³-hybridized carbons (Fsp3) is 0.387. The van der Waals surface area contributed by atoms with E-state index >= 15 is 0 Å². The van der Waals surface area contributed by atoms with E-state index in [0.717, 1.165) is 23.7 Å². The zero-order chi connectivity index (χ0) is 45.1. The minimum Gasteiger partial charge on any atom is -0.378 e. The van der Waals surface area contributed by atoms with E-state index in [0.29, 0.717) is 11.8 Å². The highest BCUT2D eigenvalue weighted by atomic mass is 79.9. The van der Waals surface area contributed by atoms with Crippen LogP contribution in [0.5, 0.6) is 0 Å². The second-order valence-electron chi connectivity index (χ2n) is 21.5. The lowest BCUT2D eigenvalue weighted by molar-refractivity contribution is 0.411. The van der Waals surface area contributed by atoms with E-state index in [1.807, 2.05) is 0 Å². The number of halogens is 1. The first-order valence-electron chi connectivity index (χ1n) is 24.9. The molecule has 0 saturated carbocycles. The molecule has 0 aromatic heterocycles. The minimum absolute atomic E-state index is 0.00744. The average molecular weight is 924 g/mol. The molecule has 5 aliphatic rings. The summed E-state index contributed by atoms with van der Waals surface area (Å²) in [5.74, 6) is 1.21. The topological polar surface area (TPSA) is 15.3 Å². The predicted molar refractivity (Wildman–Crippen MR) is 284 cm³/mol. The summed E-state index contributed by atoms with van der Waals surface area (Å²) in [5.41, 5.74) is 16.1.